The number of nitrogens with zero attached hydrogens (tertiary/aromatic N) is 1. The van der Waals surface area contributed by atoms with Gasteiger partial charge in [-0.3, -0.25) is 9.69 Å². The molecule has 0 N–H and O–H groups in total. The molecule has 4 atom stereocenters. The topological polar surface area (TPSA) is 38.8 Å². The molecular weight excluding hydrogens is 496 g/mol. The number of fused-ring (bicyclic) bond motifs is 2. The second-order valence-corrected chi connectivity index (χ2v) is 11.0. The second-order valence-electron chi connectivity index (χ2n) is 11.0. The monoisotopic (exact) mass is 533 g/mol. The molecule has 0 radical (unpaired) electrons. The molecule has 39 heavy (non-hydrogen) atoms. The number of halogens is 2. The molecule has 2 heterocycles. The van der Waals surface area contributed by atoms with E-state index in [-0.39, 0.29) is 35.7 Å². The summed E-state index contributed by atoms with van der Waals surface area (Å²) in [6, 6.07) is 21.6. The van der Waals surface area contributed by atoms with Gasteiger partial charge in [0.25, 0.3) is 0 Å². The summed E-state index contributed by atoms with van der Waals surface area (Å²) in [5.41, 5.74) is 4.06. The van der Waals surface area contributed by atoms with Crippen LogP contribution in [0.3, 0.4) is 0 Å². The lowest BCUT2D eigenvalue weighted by Crippen LogP contribution is -2.52. The number of esters is 1. The number of carbonyl (C=O) groups excluding carboxylic acids is 1. The number of aryl methyl sites for hydroxylation is 2. The van der Waals surface area contributed by atoms with Crippen LogP contribution in [0.25, 0.3) is 0 Å². The van der Waals surface area contributed by atoms with Gasteiger partial charge in [0.2, 0.25) is 0 Å². The van der Waals surface area contributed by atoms with Crippen LogP contribution in [-0.2, 0) is 20.7 Å². The first-order valence-corrected chi connectivity index (χ1v) is 14.0. The Morgan fingerprint density at radius 1 is 0.923 bits per heavy atom. The van der Waals surface area contributed by atoms with Gasteiger partial charge >= 0.3 is 5.97 Å². The molecule has 0 spiro atoms. The third-order valence-electron chi connectivity index (χ3n) is 8.43. The maximum atomic E-state index is 13.7. The van der Waals surface area contributed by atoms with Crippen LogP contribution >= 0.6 is 0 Å². The minimum absolute atomic E-state index is 0.0122. The Balaban J connectivity index is 1.27. The average molecular weight is 534 g/mol. The van der Waals surface area contributed by atoms with E-state index in [0.29, 0.717) is 19.1 Å². The van der Waals surface area contributed by atoms with Crippen molar-refractivity contribution in [1.82, 2.24) is 4.90 Å². The van der Waals surface area contributed by atoms with Crippen molar-refractivity contribution in [1.29, 1.82) is 0 Å². The van der Waals surface area contributed by atoms with Crippen molar-refractivity contribution in [2.75, 3.05) is 13.7 Å². The van der Waals surface area contributed by atoms with Gasteiger partial charge in [0.05, 0.1) is 12.7 Å². The third kappa shape index (κ3) is 6.74. The maximum Gasteiger partial charge on any atom is 0.305 e. The van der Waals surface area contributed by atoms with E-state index >= 15 is 0 Å². The molecule has 0 saturated carbocycles. The highest BCUT2D eigenvalue weighted by atomic mass is 19.1. The minimum atomic E-state index is -0.480. The van der Waals surface area contributed by atoms with E-state index in [1.165, 1.54) is 35.4 Å². The zero-order chi connectivity index (χ0) is 27.4. The zero-order valence-corrected chi connectivity index (χ0v) is 22.7. The molecule has 2 aliphatic heterocycles. The van der Waals surface area contributed by atoms with Crippen LogP contribution in [0.4, 0.5) is 8.78 Å². The van der Waals surface area contributed by atoms with Gasteiger partial charge in [0.1, 0.15) is 17.7 Å². The smallest absolute Gasteiger partial charge is 0.305 e. The fourth-order valence-corrected chi connectivity index (χ4v) is 6.16. The first kappa shape index (κ1) is 27.5. The zero-order valence-electron chi connectivity index (χ0n) is 22.7. The van der Waals surface area contributed by atoms with Crippen molar-refractivity contribution in [2.45, 2.75) is 69.7 Å². The van der Waals surface area contributed by atoms with Crippen molar-refractivity contribution in [3.05, 3.63) is 107 Å². The Morgan fingerprint density at radius 2 is 1.54 bits per heavy atom. The van der Waals surface area contributed by atoms with Crippen molar-refractivity contribution in [2.24, 2.45) is 5.92 Å². The Morgan fingerprint density at radius 3 is 2.15 bits per heavy atom. The highest BCUT2D eigenvalue weighted by Crippen LogP contribution is 2.42. The third-order valence-corrected chi connectivity index (χ3v) is 8.43. The van der Waals surface area contributed by atoms with E-state index in [1.807, 2.05) is 0 Å². The number of carbonyl (C=O) groups is 1. The average Bonchev–Trinajstić information content (AvgIpc) is 3.18. The van der Waals surface area contributed by atoms with Crippen LogP contribution in [0.2, 0.25) is 0 Å². The maximum absolute atomic E-state index is 13.7. The number of hydrogen-bond donors (Lipinski definition) is 0. The fraction of sp³-hybridized carbons (Fsp3) is 0.424. The lowest BCUT2D eigenvalue weighted by molar-refractivity contribution is -0.152. The molecule has 3 aromatic rings. The van der Waals surface area contributed by atoms with E-state index in [0.717, 1.165) is 43.2 Å². The summed E-state index contributed by atoms with van der Waals surface area (Å²) < 4.78 is 40.1. The van der Waals surface area contributed by atoms with Crippen LogP contribution in [0.1, 0.15) is 60.5 Å². The van der Waals surface area contributed by atoms with E-state index < -0.39 is 6.10 Å². The number of hydrogen-bond acceptors (Lipinski definition) is 4. The number of benzene rings is 3. The van der Waals surface area contributed by atoms with Crippen LogP contribution in [0, 0.1) is 24.5 Å². The van der Waals surface area contributed by atoms with Gasteiger partial charge in [-0.25, -0.2) is 8.78 Å². The standard InChI is InChI=1S/C33H37F2NO3/c1-22-6-8-23(9-7-22)4-3-5-32(37)38-21-29-30-19-18-28(36(30)2)20-31(29)39-33(24-10-14-26(34)15-11-24)25-12-16-27(35)17-13-25/h6-17,28-31,33H,3-5,18-21H2,1-2H3/t28?,29-,30?,31+/m1/s1. The van der Waals surface area contributed by atoms with E-state index in [9.17, 15) is 13.6 Å². The normalized spacial score (nSPS) is 22.8. The molecule has 2 fully saturated rings. The van der Waals surface area contributed by atoms with E-state index in [4.69, 9.17) is 9.47 Å². The number of ether oxygens (including phenoxy) is 2. The Hall–Kier alpha value is -3.09. The SMILES string of the molecule is Cc1ccc(CCCC(=O)OC[C@@H]2C3CCC(C[C@@H]2OC(c2ccc(F)cc2)c2ccc(F)cc2)N3C)cc1. The lowest BCUT2D eigenvalue weighted by atomic mass is 9.87. The highest BCUT2D eigenvalue weighted by molar-refractivity contribution is 5.69. The van der Waals surface area contributed by atoms with E-state index in [1.54, 1.807) is 24.3 Å². The van der Waals surface area contributed by atoms with Gasteiger partial charge in [-0.15, -0.1) is 0 Å². The molecule has 2 unspecified atom stereocenters. The van der Waals surface area contributed by atoms with Gasteiger partial charge in [-0.1, -0.05) is 54.1 Å². The Kier molecular flexibility index (Phi) is 8.73. The summed E-state index contributed by atoms with van der Waals surface area (Å²) >= 11 is 0. The van der Waals surface area contributed by atoms with E-state index in [2.05, 4.69) is 43.1 Å². The minimum Gasteiger partial charge on any atom is -0.465 e. The predicted octanol–water partition coefficient (Wildman–Crippen LogP) is 6.80. The molecule has 206 valence electrons. The molecule has 0 aliphatic carbocycles. The summed E-state index contributed by atoms with van der Waals surface area (Å²) in [5, 5.41) is 0. The van der Waals surface area contributed by atoms with Gasteiger partial charge in [0.15, 0.2) is 0 Å². The Bertz CT molecular complexity index is 1180. The lowest BCUT2D eigenvalue weighted by Gasteiger charge is -2.43. The summed E-state index contributed by atoms with van der Waals surface area (Å²) in [5.74, 6) is -0.808. The van der Waals surface area contributed by atoms with Crippen LogP contribution in [0.5, 0.6) is 0 Å². The van der Waals surface area contributed by atoms with Crippen molar-refractivity contribution < 1.29 is 23.0 Å². The van der Waals surface area contributed by atoms with Crippen molar-refractivity contribution in [3.63, 3.8) is 0 Å². The molecule has 0 amide bonds. The summed E-state index contributed by atoms with van der Waals surface area (Å²) in [6.07, 6.45) is 4.27. The molecule has 0 aromatic heterocycles. The predicted molar refractivity (Wildman–Crippen MR) is 147 cm³/mol. The quantitative estimate of drug-likeness (QED) is 0.269. The van der Waals surface area contributed by atoms with Crippen LogP contribution in [-0.4, -0.2) is 42.7 Å². The molecule has 2 bridgehead atoms. The van der Waals surface area contributed by atoms with Crippen molar-refractivity contribution in [3.8, 4) is 0 Å². The summed E-state index contributed by atoms with van der Waals surface area (Å²) in [4.78, 5) is 15.1. The number of piperidine rings is 1. The van der Waals surface area contributed by atoms with Gasteiger partial charge < -0.3 is 9.47 Å². The van der Waals surface area contributed by atoms with Gasteiger partial charge in [-0.2, -0.15) is 0 Å². The fourth-order valence-electron chi connectivity index (χ4n) is 6.16. The molecule has 5 rings (SSSR count). The van der Waals surface area contributed by atoms with Crippen LogP contribution in [0.15, 0.2) is 72.8 Å². The summed E-state index contributed by atoms with van der Waals surface area (Å²) in [7, 11) is 2.15. The molecule has 2 saturated heterocycles. The van der Waals surface area contributed by atoms with Gasteiger partial charge in [-0.05, 0) is 87.0 Å². The molecule has 3 aromatic carbocycles. The number of rotatable bonds is 10. The Labute approximate surface area is 229 Å². The molecule has 4 nitrogen and oxygen atoms in total. The van der Waals surface area contributed by atoms with Crippen molar-refractivity contribution >= 4 is 5.97 Å². The highest BCUT2D eigenvalue weighted by Gasteiger charge is 2.47. The van der Waals surface area contributed by atoms with Crippen LogP contribution < -0.4 is 0 Å². The first-order chi connectivity index (χ1) is 18.9. The molecule has 6 heteroatoms. The molecular formula is C33H37F2NO3. The largest absolute Gasteiger partial charge is 0.465 e. The summed E-state index contributed by atoms with van der Waals surface area (Å²) in [6.45, 7) is 2.37. The molecule has 2 aliphatic rings. The first-order valence-electron chi connectivity index (χ1n) is 14.0. The van der Waals surface area contributed by atoms with Gasteiger partial charge in [0, 0.05) is 24.4 Å². The second kappa shape index (κ2) is 12.4.